The van der Waals surface area contributed by atoms with E-state index in [0.717, 1.165) is 46.8 Å². The Labute approximate surface area is 164 Å². The summed E-state index contributed by atoms with van der Waals surface area (Å²) in [6.45, 7) is 4.43. The van der Waals surface area contributed by atoms with Gasteiger partial charge in [0.15, 0.2) is 0 Å². The number of rotatable bonds is 4. The number of fused-ring (bicyclic) bond motifs is 1. The van der Waals surface area contributed by atoms with Gasteiger partial charge in [-0.1, -0.05) is 37.3 Å². The average Bonchev–Trinajstić information content (AvgIpc) is 2.73. The number of aryl methyl sites for hydroxylation is 2. The Morgan fingerprint density at radius 1 is 1.21 bits per heavy atom. The lowest BCUT2D eigenvalue weighted by atomic mass is 10.0. The van der Waals surface area contributed by atoms with Crippen molar-refractivity contribution in [2.24, 2.45) is 0 Å². The lowest BCUT2D eigenvalue weighted by Gasteiger charge is -2.26. The van der Waals surface area contributed by atoms with Crippen molar-refractivity contribution in [3.05, 3.63) is 77.2 Å². The second kappa shape index (κ2) is 7.80. The van der Waals surface area contributed by atoms with Crippen LogP contribution in [0.25, 0.3) is 11.3 Å². The van der Waals surface area contributed by atoms with Crippen LogP contribution in [0.4, 0.5) is 0 Å². The molecule has 142 valence electrons. The number of carbonyl (C=O) groups is 1. The molecule has 2 aromatic carbocycles. The molecular formula is C23H23N3O2. The van der Waals surface area contributed by atoms with Crippen LogP contribution in [-0.2, 0) is 12.8 Å². The van der Waals surface area contributed by atoms with Gasteiger partial charge in [-0.05, 0) is 49.1 Å². The minimum absolute atomic E-state index is 0.0430. The second-order valence-electron chi connectivity index (χ2n) is 7.02. The molecule has 28 heavy (non-hydrogen) atoms. The number of hydrogen-bond donors (Lipinski definition) is 1. The molecule has 0 saturated heterocycles. The summed E-state index contributed by atoms with van der Waals surface area (Å²) >= 11 is 0. The molecule has 0 saturated carbocycles. The summed E-state index contributed by atoms with van der Waals surface area (Å²) in [5.41, 5.74) is 4.63. The molecule has 3 aromatic rings. The fourth-order valence-corrected chi connectivity index (χ4v) is 3.50. The molecule has 1 aromatic heterocycles. The molecule has 2 heterocycles. The van der Waals surface area contributed by atoms with Crippen molar-refractivity contribution in [2.75, 3.05) is 6.61 Å². The van der Waals surface area contributed by atoms with Crippen LogP contribution < -0.4 is 10.1 Å². The third kappa shape index (κ3) is 3.74. The van der Waals surface area contributed by atoms with Crippen molar-refractivity contribution in [1.82, 2.24) is 15.3 Å². The molecular weight excluding hydrogens is 350 g/mol. The van der Waals surface area contributed by atoms with Crippen LogP contribution >= 0.6 is 0 Å². The van der Waals surface area contributed by atoms with E-state index in [0.29, 0.717) is 12.2 Å². The van der Waals surface area contributed by atoms with Crippen LogP contribution in [0.3, 0.4) is 0 Å². The molecule has 0 radical (unpaired) electrons. The fraction of sp³-hybridized carbons (Fsp3) is 0.261. The van der Waals surface area contributed by atoms with E-state index in [1.165, 1.54) is 0 Å². The first-order chi connectivity index (χ1) is 13.6. The number of carbonyl (C=O) groups excluding carboxylic acids is 1. The molecule has 0 unspecified atom stereocenters. The summed E-state index contributed by atoms with van der Waals surface area (Å²) in [7, 11) is 0. The van der Waals surface area contributed by atoms with E-state index in [-0.39, 0.29) is 11.9 Å². The summed E-state index contributed by atoms with van der Waals surface area (Å²) in [4.78, 5) is 21.7. The van der Waals surface area contributed by atoms with E-state index < -0.39 is 0 Å². The molecule has 5 heteroatoms. The van der Waals surface area contributed by atoms with Crippen molar-refractivity contribution in [2.45, 2.75) is 32.7 Å². The van der Waals surface area contributed by atoms with Gasteiger partial charge < -0.3 is 10.1 Å². The van der Waals surface area contributed by atoms with Crippen molar-refractivity contribution < 1.29 is 9.53 Å². The molecule has 5 nitrogen and oxygen atoms in total. The van der Waals surface area contributed by atoms with Crippen molar-refractivity contribution in [1.29, 1.82) is 0 Å². The summed E-state index contributed by atoms with van der Waals surface area (Å²) in [5.74, 6) is 1.53. The van der Waals surface area contributed by atoms with Gasteiger partial charge in [-0.15, -0.1) is 0 Å². The Morgan fingerprint density at radius 3 is 2.93 bits per heavy atom. The highest BCUT2D eigenvalue weighted by Gasteiger charge is 2.22. The summed E-state index contributed by atoms with van der Waals surface area (Å²) in [5, 5.41) is 3.10. The molecule has 1 aliphatic rings. The first-order valence-corrected chi connectivity index (χ1v) is 9.58. The van der Waals surface area contributed by atoms with Gasteiger partial charge in [0, 0.05) is 17.3 Å². The van der Waals surface area contributed by atoms with Gasteiger partial charge in [-0.3, -0.25) is 4.79 Å². The number of nitrogens with zero attached hydrogens (tertiary/aromatic N) is 2. The van der Waals surface area contributed by atoms with Crippen LogP contribution in [0.5, 0.6) is 5.75 Å². The van der Waals surface area contributed by atoms with E-state index >= 15 is 0 Å². The molecule has 1 amide bonds. The van der Waals surface area contributed by atoms with Crippen LogP contribution in [0, 0.1) is 6.92 Å². The van der Waals surface area contributed by atoms with Gasteiger partial charge >= 0.3 is 0 Å². The van der Waals surface area contributed by atoms with Crippen LogP contribution in [0.2, 0.25) is 0 Å². The number of para-hydroxylation sites is 1. The Morgan fingerprint density at radius 2 is 2.07 bits per heavy atom. The fourth-order valence-electron chi connectivity index (χ4n) is 3.50. The van der Waals surface area contributed by atoms with Gasteiger partial charge in [0.05, 0.1) is 11.7 Å². The third-order valence-corrected chi connectivity index (χ3v) is 4.98. The van der Waals surface area contributed by atoms with Crippen LogP contribution in [0.1, 0.15) is 34.2 Å². The Bertz CT molecular complexity index is 1020. The van der Waals surface area contributed by atoms with Crippen LogP contribution in [0.15, 0.2) is 54.7 Å². The SMILES string of the molecule is CCc1cnc(C)nc1-c1cccc(C(=O)N[C@@H]2COc3ccccc3C2)c1. The minimum Gasteiger partial charge on any atom is -0.491 e. The number of ether oxygens (including phenoxy) is 1. The quantitative estimate of drug-likeness (QED) is 0.757. The summed E-state index contributed by atoms with van der Waals surface area (Å²) < 4.78 is 5.78. The molecule has 1 aliphatic heterocycles. The Kier molecular flexibility index (Phi) is 5.06. The number of nitrogens with one attached hydrogen (secondary N) is 1. The number of amides is 1. The van der Waals surface area contributed by atoms with E-state index in [9.17, 15) is 4.79 Å². The topological polar surface area (TPSA) is 64.1 Å². The molecule has 0 aliphatic carbocycles. The maximum absolute atomic E-state index is 12.8. The maximum atomic E-state index is 12.8. The monoisotopic (exact) mass is 373 g/mol. The Hall–Kier alpha value is -3.21. The highest BCUT2D eigenvalue weighted by Crippen LogP contribution is 2.25. The van der Waals surface area contributed by atoms with Crippen molar-refractivity contribution >= 4 is 5.91 Å². The molecule has 0 spiro atoms. The van der Waals surface area contributed by atoms with Crippen molar-refractivity contribution in [3.63, 3.8) is 0 Å². The average molecular weight is 373 g/mol. The predicted octanol–water partition coefficient (Wildman–Crippen LogP) is 3.75. The third-order valence-electron chi connectivity index (χ3n) is 4.98. The summed E-state index contributed by atoms with van der Waals surface area (Å²) in [6, 6.07) is 15.5. The van der Waals surface area contributed by atoms with E-state index in [4.69, 9.17) is 4.74 Å². The lowest BCUT2D eigenvalue weighted by molar-refractivity contribution is 0.0915. The van der Waals surface area contributed by atoms with Gasteiger partial charge in [0.25, 0.3) is 5.91 Å². The Balaban J connectivity index is 1.54. The highest BCUT2D eigenvalue weighted by atomic mass is 16.5. The number of hydrogen-bond acceptors (Lipinski definition) is 4. The van der Waals surface area contributed by atoms with E-state index in [2.05, 4.69) is 22.2 Å². The molecule has 0 fully saturated rings. The molecule has 0 bridgehead atoms. The number of aromatic nitrogens is 2. The van der Waals surface area contributed by atoms with Gasteiger partial charge in [0.1, 0.15) is 18.2 Å². The zero-order valence-electron chi connectivity index (χ0n) is 16.1. The van der Waals surface area contributed by atoms with Gasteiger partial charge in [0.2, 0.25) is 0 Å². The smallest absolute Gasteiger partial charge is 0.251 e. The number of benzene rings is 2. The van der Waals surface area contributed by atoms with E-state index in [1.54, 1.807) is 0 Å². The van der Waals surface area contributed by atoms with Crippen molar-refractivity contribution in [3.8, 4) is 17.0 Å². The predicted molar refractivity (Wildman–Crippen MR) is 108 cm³/mol. The van der Waals surface area contributed by atoms with Crippen LogP contribution in [-0.4, -0.2) is 28.5 Å². The summed E-state index contributed by atoms with van der Waals surface area (Å²) in [6.07, 6.45) is 3.47. The highest BCUT2D eigenvalue weighted by molar-refractivity contribution is 5.95. The van der Waals surface area contributed by atoms with Gasteiger partial charge in [-0.25, -0.2) is 9.97 Å². The zero-order valence-corrected chi connectivity index (χ0v) is 16.1. The minimum atomic E-state index is -0.0985. The lowest BCUT2D eigenvalue weighted by Crippen LogP contribution is -2.42. The zero-order chi connectivity index (χ0) is 19.5. The largest absolute Gasteiger partial charge is 0.491 e. The first-order valence-electron chi connectivity index (χ1n) is 9.58. The maximum Gasteiger partial charge on any atom is 0.251 e. The molecule has 1 atom stereocenters. The first kappa shape index (κ1) is 18.2. The standard InChI is InChI=1S/C23H23N3O2/c1-3-16-13-24-15(2)25-22(16)18-8-6-9-19(11-18)23(27)26-20-12-17-7-4-5-10-21(17)28-14-20/h4-11,13,20H,3,12,14H2,1-2H3,(H,26,27)/t20-/m0/s1. The molecule has 1 N–H and O–H groups in total. The second-order valence-corrected chi connectivity index (χ2v) is 7.02. The normalized spacial score (nSPS) is 15.4. The van der Waals surface area contributed by atoms with E-state index in [1.807, 2.05) is 61.7 Å². The van der Waals surface area contributed by atoms with Gasteiger partial charge in [-0.2, -0.15) is 0 Å². The molecule has 4 rings (SSSR count).